The Bertz CT molecular complexity index is 652. The molecule has 0 saturated carbocycles. The highest BCUT2D eigenvalue weighted by Crippen LogP contribution is 2.17. The second-order valence-electron chi connectivity index (χ2n) is 5.99. The molecule has 2 heterocycles. The highest BCUT2D eigenvalue weighted by atomic mass is 16.5. The van der Waals surface area contributed by atoms with Gasteiger partial charge in [0.15, 0.2) is 0 Å². The number of hydrogen-bond donors (Lipinski definition) is 0. The van der Waals surface area contributed by atoms with Crippen molar-refractivity contribution in [2.75, 3.05) is 20.3 Å². The van der Waals surface area contributed by atoms with Crippen LogP contribution >= 0.6 is 0 Å². The molecule has 5 nitrogen and oxygen atoms in total. The van der Waals surface area contributed by atoms with E-state index in [1.54, 1.807) is 36.5 Å². The molecular formula is C19H22N2O3. The monoisotopic (exact) mass is 326 g/mol. The zero-order valence-electron chi connectivity index (χ0n) is 13.9. The molecule has 1 aliphatic rings. The molecule has 0 radical (unpaired) electrons. The lowest BCUT2D eigenvalue weighted by atomic mass is 10.2. The van der Waals surface area contributed by atoms with Crippen molar-refractivity contribution < 1.29 is 14.3 Å². The molecule has 24 heavy (non-hydrogen) atoms. The second kappa shape index (κ2) is 7.93. The van der Waals surface area contributed by atoms with E-state index in [9.17, 15) is 4.79 Å². The minimum atomic E-state index is -0.0236. The van der Waals surface area contributed by atoms with Gasteiger partial charge in [-0.1, -0.05) is 6.07 Å². The van der Waals surface area contributed by atoms with Crippen LogP contribution in [-0.2, 0) is 11.3 Å². The van der Waals surface area contributed by atoms with Crippen molar-refractivity contribution in [3.63, 3.8) is 0 Å². The number of rotatable bonds is 6. The first-order valence-corrected chi connectivity index (χ1v) is 8.21. The lowest BCUT2D eigenvalue weighted by Crippen LogP contribution is -2.26. The van der Waals surface area contributed by atoms with Gasteiger partial charge < -0.3 is 14.4 Å². The molecule has 1 fully saturated rings. The molecule has 0 spiro atoms. The number of pyridine rings is 1. The largest absolute Gasteiger partial charge is 0.491 e. The maximum atomic E-state index is 12.5. The van der Waals surface area contributed by atoms with E-state index in [1.165, 1.54) is 0 Å². The van der Waals surface area contributed by atoms with E-state index in [4.69, 9.17) is 9.47 Å². The van der Waals surface area contributed by atoms with Crippen LogP contribution in [0.4, 0.5) is 0 Å². The molecule has 3 rings (SSSR count). The molecule has 1 amide bonds. The van der Waals surface area contributed by atoms with Crippen LogP contribution in [0.5, 0.6) is 5.75 Å². The Balaban J connectivity index is 1.54. The van der Waals surface area contributed by atoms with E-state index in [1.807, 2.05) is 24.3 Å². The normalized spacial score (nSPS) is 16.8. The van der Waals surface area contributed by atoms with Gasteiger partial charge in [-0.3, -0.25) is 9.78 Å². The minimum absolute atomic E-state index is 0.0236. The van der Waals surface area contributed by atoms with Crippen LogP contribution in [0.15, 0.2) is 48.8 Å². The third-order valence-corrected chi connectivity index (χ3v) is 4.05. The molecule has 1 aliphatic heterocycles. The zero-order chi connectivity index (χ0) is 16.8. The molecule has 1 saturated heterocycles. The molecule has 1 aromatic carbocycles. The fourth-order valence-corrected chi connectivity index (χ4v) is 2.72. The molecule has 5 heteroatoms. The van der Waals surface area contributed by atoms with Crippen molar-refractivity contribution in [1.82, 2.24) is 9.88 Å². The van der Waals surface area contributed by atoms with Gasteiger partial charge in [-0.15, -0.1) is 0 Å². The summed E-state index contributed by atoms with van der Waals surface area (Å²) in [6.07, 6.45) is 5.84. The Morgan fingerprint density at radius 1 is 1.33 bits per heavy atom. The summed E-state index contributed by atoms with van der Waals surface area (Å²) in [6, 6.07) is 11.1. The molecular weight excluding hydrogens is 304 g/mol. The highest BCUT2D eigenvalue weighted by Gasteiger charge is 2.16. The van der Waals surface area contributed by atoms with E-state index >= 15 is 0 Å². The maximum absolute atomic E-state index is 12.5. The lowest BCUT2D eigenvalue weighted by molar-refractivity contribution is 0.0679. The number of amides is 1. The summed E-state index contributed by atoms with van der Waals surface area (Å²) >= 11 is 0. The van der Waals surface area contributed by atoms with Crippen molar-refractivity contribution in [3.05, 3.63) is 59.9 Å². The van der Waals surface area contributed by atoms with E-state index in [-0.39, 0.29) is 12.0 Å². The quantitative estimate of drug-likeness (QED) is 0.819. The Labute approximate surface area is 142 Å². The van der Waals surface area contributed by atoms with Crippen LogP contribution in [0.2, 0.25) is 0 Å². The van der Waals surface area contributed by atoms with Crippen LogP contribution < -0.4 is 4.74 Å². The van der Waals surface area contributed by atoms with Crippen molar-refractivity contribution >= 4 is 5.91 Å². The SMILES string of the molecule is CN(Cc1cccnc1)C(=O)c1ccc(OCC2CCCO2)cc1. The summed E-state index contributed by atoms with van der Waals surface area (Å²) in [4.78, 5) is 18.2. The number of benzene rings is 1. The standard InChI is InChI=1S/C19H22N2O3/c1-21(13-15-4-2-10-20-12-15)19(22)16-6-8-17(9-7-16)24-14-18-5-3-11-23-18/h2,4,6-10,12,18H,3,5,11,13-14H2,1H3. The summed E-state index contributed by atoms with van der Waals surface area (Å²) in [7, 11) is 1.79. The average molecular weight is 326 g/mol. The van der Waals surface area contributed by atoms with Gasteiger partial charge in [-0.2, -0.15) is 0 Å². The van der Waals surface area contributed by atoms with Crippen molar-refractivity contribution in [1.29, 1.82) is 0 Å². The molecule has 0 bridgehead atoms. The summed E-state index contributed by atoms with van der Waals surface area (Å²) in [6.45, 7) is 1.92. The Hall–Kier alpha value is -2.40. The van der Waals surface area contributed by atoms with Crippen molar-refractivity contribution in [2.24, 2.45) is 0 Å². The second-order valence-corrected chi connectivity index (χ2v) is 5.99. The van der Waals surface area contributed by atoms with Gasteiger partial charge >= 0.3 is 0 Å². The number of carbonyl (C=O) groups is 1. The van der Waals surface area contributed by atoms with E-state index < -0.39 is 0 Å². The highest BCUT2D eigenvalue weighted by molar-refractivity contribution is 5.94. The summed E-state index contributed by atoms with van der Waals surface area (Å²) in [5.41, 5.74) is 1.65. The van der Waals surface area contributed by atoms with Crippen LogP contribution in [-0.4, -0.2) is 42.2 Å². The predicted octanol–water partition coefficient (Wildman–Crippen LogP) is 2.91. The van der Waals surface area contributed by atoms with Crippen molar-refractivity contribution in [2.45, 2.75) is 25.5 Å². The van der Waals surface area contributed by atoms with Gasteiger partial charge in [0, 0.05) is 38.2 Å². The fraction of sp³-hybridized carbons (Fsp3) is 0.368. The summed E-state index contributed by atoms with van der Waals surface area (Å²) in [5, 5.41) is 0. The van der Waals surface area contributed by atoms with Gasteiger partial charge in [0.2, 0.25) is 0 Å². The molecule has 2 aromatic rings. The maximum Gasteiger partial charge on any atom is 0.253 e. The summed E-state index contributed by atoms with van der Waals surface area (Å²) in [5.74, 6) is 0.737. The first-order valence-electron chi connectivity index (χ1n) is 8.21. The third-order valence-electron chi connectivity index (χ3n) is 4.05. The van der Waals surface area contributed by atoms with E-state index in [0.29, 0.717) is 18.7 Å². The van der Waals surface area contributed by atoms with Gasteiger partial charge in [-0.05, 0) is 48.7 Å². The van der Waals surface area contributed by atoms with Gasteiger partial charge in [0.25, 0.3) is 5.91 Å². The van der Waals surface area contributed by atoms with Crippen molar-refractivity contribution in [3.8, 4) is 5.75 Å². The smallest absolute Gasteiger partial charge is 0.253 e. The molecule has 1 aromatic heterocycles. The molecule has 126 valence electrons. The molecule has 1 unspecified atom stereocenters. The van der Waals surface area contributed by atoms with Crippen LogP contribution in [0.25, 0.3) is 0 Å². The Morgan fingerprint density at radius 3 is 2.83 bits per heavy atom. The predicted molar refractivity (Wildman–Crippen MR) is 90.9 cm³/mol. The number of ether oxygens (including phenoxy) is 2. The Kier molecular flexibility index (Phi) is 5.43. The van der Waals surface area contributed by atoms with Gasteiger partial charge in [0.1, 0.15) is 12.4 Å². The number of hydrogen-bond acceptors (Lipinski definition) is 4. The number of carbonyl (C=O) groups excluding carboxylic acids is 1. The van der Waals surface area contributed by atoms with Gasteiger partial charge in [-0.25, -0.2) is 0 Å². The van der Waals surface area contributed by atoms with E-state index in [2.05, 4.69) is 4.98 Å². The number of nitrogens with zero attached hydrogens (tertiary/aromatic N) is 2. The average Bonchev–Trinajstić information content (AvgIpc) is 3.14. The summed E-state index contributed by atoms with van der Waals surface area (Å²) < 4.78 is 11.3. The molecule has 0 N–H and O–H groups in total. The number of aromatic nitrogens is 1. The Morgan fingerprint density at radius 2 is 2.17 bits per heavy atom. The zero-order valence-corrected chi connectivity index (χ0v) is 13.9. The van der Waals surface area contributed by atoms with Crippen LogP contribution in [0.1, 0.15) is 28.8 Å². The first kappa shape index (κ1) is 16.5. The van der Waals surface area contributed by atoms with Crippen LogP contribution in [0.3, 0.4) is 0 Å². The lowest BCUT2D eigenvalue weighted by Gasteiger charge is -2.17. The minimum Gasteiger partial charge on any atom is -0.491 e. The third kappa shape index (κ3) is 4.32. The topological polar surface area (TPSA) is 51.7 Å². The first-order chi connectivity index (χ1) is 11.7. The molecule has 1 atom stereocenters. The molecule has 0 aliphatic carbocycles. The van der Waals surface area contributed by atoms with Crippen LogP contribution in [0, 0.1) is 0 Å². The van der Waals surface area contributed by atoms with E-state index in [0.717, 1.165) is 30.8 Å². The fourth-order valence-electron chi connectivity index (χ4n) is 2.72. The van der Waals surface area contributed by atoms with Gasteiger partial charge in [0.05, 0.1) is 6.10 Å².